The maximum absolute atomic E-state index is 13.3. The number of rotatable bonds is 6. The molecule has 0 spiro atoms. The van der Waals surface area contributed by atoms with E-state index in [4.69, 9.17) is 25.8 Å². The summed E-state index contributed by atoms with van der Waals surface area (Å²) in [5.41, 5.74) is 0.778. The molecule has 35 heavy (non-hydrogen) atoms. The van der Waals surface area contributed by atoms with Gasteiger partial charge in [0.15, 0.2) is 17.8 Å². The minimum absolute atomic E-state index is 0.000236. The number of non-ortho nitro benzene ring substituents is 1. The lowest BCUT2D eigenvalue weighted by atomic mass is 10.0. The SMILES string of the molecule is CC1(C)O[C@H]2O[C@H](Cn3nnc(C(=O)c4ccc(Cl)cc4)c3-c3cccc([N+](=O)[O-])c3)[C@H](O)[C@H]2O1. The van der Waals surface area contributed by atoms with Crippen molar-refractivity contribution in [3.63, 3.8) is 0 Å². The van der Waals surface area contributed by atoms with Gasteiger partial charge in [0.2, 0.25) is 5.78 Å². The molecule has 3 heterocycles. The fourth-order valence-electron chi connectivity index (χ4n) is 4.26. The highest BCUT2D eigenvalue weighted by molar-refractivity contribution is 6.30. The van der Waals surface area contributed by atoms with Gasteiger partial charge < -0.3 is 19.3 Å². The summed E-state index contributed by atoms with van der Waals surface area (Å²) in [5, 5.41) is 30.8. The molecule has 2 aliphatic heterocycles. The standard InChI is InChI=1S/C23H21ClN4O7/c1-23(2)34-21-20(30)16(33-22(21)35-23)11-27-18(13-4-3-5-15(10-13)28(31)32)17(25-26-27)19(29)12-6-8-14(24)9-7-12/h3-10,16,20-22,30H,11H2,1-2H3/t16-,20+,21-,22-/m1/s1. The number of hydrogen-bond acceptors (Lipinski definition) is 9. The van der Waals surface area contributed by atoms with Crippen LogP contribution in [0.2, 0.25) is 5.02 Å². The lowest BCUT2D eigenvalue weighted by Crippen LogP contribution is -2.36. The van der Waals surface area contributed by atoms with Crippen molar-refractivity contribution in [1.82, 2.24) is 15.0 Å². The number of aromatic nitrogens is 3. The summed E-state index contributed by atoms with van der Waals surface area (Å²) in [6.07, 6.45) is -3.25. The van der Waals surface area contributed by atoms with Gasteiger partial charge in [0.25, 0.3) is 5.69 Å². The molecule has 5 rings (SSSR count). The van der Waals surface area contributed by atoms with Gasteiger partial charge in [-0.25, -0.2) is 4.68 Å². The molecule has 0 unspecified atom stereocenters. The fourth-order valence-corrected chi connectivity index (χ4v) is 4.39. The summed E-state index contributed by atoms with van der Waals surface area (Å²) in [7, 11) is 0. The average molecular weight is 501 g/mol. The van der Waals surface area contributed by atoms with Gasteiger partial charge in [-0.3, -0.25) is 14.9 Å². The smallest absolute Gasteiger partial charge is 0.270 e. The van der Waals surface area contributed by atoms with E-state index in [-0.39, 0.29) is 23.6 Å². The number of hydrogen-bond donors (Lipinski definition) is 1. The third-order valence-corrected chi connectivity index (χ3v) is 6.11. The van der Waals surface area contributed by atoms with Gasteiger partial charge in [-0.05, 0) is 38.1 Å². The molecule has 2 aromatic carbocycles. The Labute approximate surface area is 204 Å². The van der Waals surface area contributed by atoms with E-state index in [1.165, 1.54) is 22.9 Å². The normalized spacial score (nSPS) is 24.9. The highest BCUT2D eigenvalue weighted by Gasteiger charge is 2.54. The number of carbonyl (C=O) groups excluding carboxylic acids is 1. The van der Waals surface area contributed by atoms with E-state index in [9.17, 15) is 20.0 Å². The number of halogens is 1. The molecule has 4 atom stereocenters. The minimum Gasteiger partial charge on any atom is -0.387 e. The first-order valence-corrected chi connectivity index (χ1v) is 11.2. The number of nitro benzene ring substituents is 1. The average Bonchev–Trinajstić information content (AvgIpc) is 3.45. The molecule has 0 aliphatic carbocycles. The van der Waals surface area contributed by atoms with Crippen molar-refractivity contribution in [3.05, 3.63) is 74.9 Å². The van der Waals surface area contributed by atoms with Crippen LogP contribution in [-0.4, -0.2) is 61.2 Å². The predicted molar refractivity (Wildman–Crippen MR) is 122 cm³/mol. The van der Waals surface area contributed by atoms with E-state index in [1.807, 2.05) is 0 Å². The Morgan fingerprint density at radius 3 is 2.66 bits per heavy atom. The van der Waals surface area contributed by atoms with Gasteiger partial charge in [0.05, 0.1) is 11.5 Å². The van der Waals surface area contributed by atoms with Crippen LogP contribution in [0.4, 0.5) is 5.69 Å². The van der Waals surface area contributed by atoms with Gasteiger partial charge in [0.1, 0.15) is 24.0 Å². The van der Waals surface area contributed by atoms with Crippen LogP contribution in [0.5, 0.6) is 0 Å². The Kier molecular flexibility index (Phi) is 5.90. The molecule has 2 aliphatic rings. The number of ketones is 1. The van der Waals surface area contributed by atoms with Crippen molar-refractivity contribution in [2.24, 2.45) is 0 Å². The molecule has 0 amide bonds. The van der Waals surface area contributed by atoms with Crippen LogP contribution in [0.25, 0.3) is 11.3 Å². The van der Waals surface area contributed by atoms with Gasteiger partial charge in [-0.15, -0.1) is 5.10 Å². The molecule has 12 heteroatoms. The van der Waals surface area contributed by atoms with E-state index in [2.05, 4.69) is 10.3 Å². The summed E-state index contributed by atoms with van der Waals surface area (Å²) in [6, 6.07) is 12.1. The molecule has 11 nitrogen and oxygen atoms in total. The van der Waals surface area contributed by atoms with Crippen LogP contribution in [0.3, 0.4) is 0 Å². The monoisotopic (exact) mass is 500 g/mol. The lowest BCUT2D eigenvalue weighted by Gasteiger charge is -2.23. The molecule has 0 saturated carbocycles. The van der Waals surface area contributed by atoms with Crippen molar-refractivity contribution >= 4 is 23.1 Å². The van der Waals surface area contributed by atoms with Gasteiger partial charge in [0, 0.05) is 28.3 Å². The van der Waals surface area contributed by atoms with E-state index < -0.39 is 41.1 Å². The van der Waals surface area contributed by atoms with E-state index in [0.717, 1.165) is 0 Å². The minimum atomic E-state index is -1.03. The highest BCUT2D eigenvalue weighted by atomic mass is 35.5. The zero-order chi connectivity index (χ0) is 24.9. The molecule has 0 bridgehead atoms. The third kappa shape index (κ3) is 4.44. The maximum Gasteiger partial charge on any atom is 0.270 e. The second-order valence-corrected chi connectivity index (χ2v) is 9.18. The summed E-state index contributed by atoms with van der Waals surface area (Å²) >= 11 is 5.94. The van der Waals surface area contributed by atoms with Gasteiger partial charge in [-0.1, -0.05) is 28.9 Å². The molecule has 1 N–H and O–H groups in total. The second-order valence-electron chi connectivity index (χ2n) is 8.75. The number of fused-ring (bicyclic) bond motifs is 1. The molecule has 2 saturated heterocycles. The molecule has 182 valence electrons. The molecule has 3 aromatic rings. The largest absolute Gasteiger partial charge is 0.387 e. The van der Waals surface area contributed by atoms with Crippen LogP contribution >= 0.6 is 11.6 Å². The van der Waals surface area contributed by atoms with E-state index >= 15 is 0 Å². The number of aliphatic hydroxyl groups excluding tert-OH is 1. The van der Waals surface area contributed by atoms with E-state index in [0.29, 0.717) is 16.1 Å². The highest BCUT2D eigenvalue weighted by Crippen LogP contribution is 2.38. The molecular formula is C23H21ClN4O7. The molecular weight excluding hydrogens is 480 g/mol. The lowest BCUT2D eigenvalue weighted by molar-refractivity contribution is -0.384. The van der Waals surface area contributed by atoms with Crippen molar-refractivity contribution in [2.45, 2.75) is 50.8 Å². The van der Waals surface area contributed by atoms with Gasteiger partial charge >= 0.3 is 0 Å². The van der Waals surface area contributed by atoms with Crippen LogP contribution in [0.1, 0.15) is 29.9 Å². The zero-order valence-electron chi connectivity index (χ0n) is 18.7. The first kappa shape index (κ1) is 23.5. The van der Waals surface area contributed by atoms with Gasteiger partial charge in [-0.2, -0.15) is 0 Å². The Hall–Kier alpha value is -3.22. The number of benzene rings is 2. The summed E-state index contributed by atoms with van der Waals surface area (Å²) < 4.78 is 18.7. The number of nitrogens with zero attached hydrogens (tertiary/aromatic N) is 4. The first-order chi connectivity index (χ1) is 16.6. The number of carbonyl (C=O) groups is 1. The number of aliphatic hydroxyl groups is 1. The van der Waals surface area contributed by atoms with Crippen molar-refractivity contribution in [1.29, 1.82) is 0 Å². The molecule has 2 fully saturated rings. The maximum atomic E-state index is 13.3. The summed E-state index contributed by atoms with van der Waals surface area (Å²) in [5.74, 6) is -1.33. The summed E-state index contributed by atoms with van der Waals surface area (Å²) in [4.78, 5) is 24.1. The zero-order valence-corrected chi connectivity index (χ0v) is 19.5. The Balaban J connectivity index is 1.52. The van der Waals surface area contributed by atoms with E-state index in [1.54, 1.807) is 44.2 Å². The predicted octanol–water partition coefficient (Wildman–Crippen LogP) is 2.98. The number of ether oxygens (including phenoxy) is 3. The second kappa shape index (κ2) is 8.77. The topological polar surface area (TPSA) is 139 Å². The third-order valence-electron chi connectivity index (χ3n) is 5.85. The Morgan fingerprint density at radius 1 is 1.23 bits per heavy atom. The van der Waals surface area contributed by atoms with Crippen LogP contribution in [0.15, 0.2) is 48.5 Å². The van der Waals surface area contributed by atoms with Crippen LogP contribution < -0.4 is 0 Å². The Bertz CT molecular complexity index is 1290. The van der Waals surface area contributed by atoms with Crippen molar-refractivity contribution < 1.29 is 29.0 Å². The number of nitro groups is 1. The Morgan fingerprint density at radius 2 is 1.97 bits per heavy atom. The van der Waals surface area contributed by atoms with Crippen LogP contribution in [-0.2, 0) is 20.8 Å². The van der Waals surface area contributed by atoms with Crippen molar-refractivity contribution in [2.75, 3.05) is 0 Å². The fraction of sp³-hybridized carbons (Fsp3) is 0.348. The first-order valence-electron chi connectivity index (χ1n) is 10.8. The molecule has 0 radical (unpaired) electrons. The molecule has 1 aromatic heterocycles. The quantitative estimate of drug-likeness (QED) is 0.307. The van der Waals surface area contributed by atoms with Crippen LogP contribution in [0, 0.1) is 10.1 Å². The summed E-state index contributed by atoms with van der Waals surface area (Å²) in [6.45, 7) is 3.45. The van der Waals surface area contributed by atoms with Crippen molar-refractivity contribution in [3.8, 4) is 11.3 Å².